The Balaban J connectivity index is 2.15. The molecule has 0 bridgehead atoms. The number of rotatable bonds is 4. The Kier molecular flexibility index (Phi) is 5.84. The maximum Gasteiger partial charge on any atom is 0.355 e. The molecular formula is C20H19ClN2O5. The van der Waals surface area contributed by atoms with Gasteiger partial charge in [0.1, 0.15) is 5.70 Å². The van der Waals surface area contributed by atoms with Crippen LogP contribution in [0.2, 0.25) is 5.02 Å². The van der Waals surface area contributed by atoms with Crippen LogP contribution in [0.15, 0.2) is 53.9 Å². The van der Waals surface area contributed by atoms with E-state index in [0.29, 0.717) is 29.4 Å². The monoisotopic (exact) mass is 402 g/mol. The summed E-state index contributed by atoms with van der Waals surface area (Å²) in [6.45, 7) is 0.615. The summed E-state index contributed by atoms with van der Waals surface area (Å²) in [6, 6.07) is 5.10. The topological polar surface area (TPSA) is 76.2 Å². The predicted octanol–water partition coefficient (Wildman–Crippen LogP) is 2.96. The average molecular weight is 403 g/mol. The van der Waals surface area contributed by atoms with Gasteiger partial charge in [0, 0.05) is 24.9 Å². The number of hydrogen-bond acceptors (Lipinski definition) is 6. The van der Waals surface area contributed by atoms with E-state index in [4.69, 9.17) is 21.1 Å². The Morgan fingerprint density at radius 3 is 2.50 bits per heavy atom. The second-order valence-corrected chi connectivity index (χ2v) is 6.51. The van der Waals surface area contributed by atoms with Crippen LogP contribution in [0.1, 0.15) is 12.8 Å². The molecule has 1 saturated heterocycles. The Labute approximate surface area is 167 Å². The van der Waals surface area contributed by atoms with Crippen LogP contribution in [0.5, 0.6) is 0 Å². The number of hydrogen-bond donors (Lipinski definition) is 0. The molecule has 8 heteroatoms. The molecule has 0 saturated carbocycles. The second-order valence-electron chi connectivity index (χ2n) is 6.10. The number of halogens is 1. The summed E-state index contributed by atoms with van der Waals surface area (Å²) in [7, 11) is 2.45. The molecule has 0 radical (unpaired) electrons. The van der Waals surface area contributed by atoms with E-state index in [1.54, 1.807) is 41.5 Å². The summed E-state index contributed by atoms with van der Waals surface area (Å²) < 4.78 is 9.69. The van der Waals surface area contributed by atoms with Crippen molar-refractivity contribution in [3.8, 4) is 0 Å². The molecule has 146 valence electrons. The third kappa shape index (κ3) is 3.66. The molecule has 0 aromatic heterocycles. The smallest absolute Gasteiger partial charge is 0.355 e. The largest absolute Gasteiger partial charge is 0.465 e. The first-order chi connectivity index (χ1) is 13.5. The van der Waals surface area contributed by atoms with Gasteiger partial charge < -0.3 is 19.3 Å². The van der Waals surface area contributed by atoms with Gasteiger partial charge in [-0.05, 0) is 36.8 Å². The van der Waals surface area contributed by atoms with Crippen LogP contribution >= 0.6 is 11.6 Å². The van der Waals surface area contributed by atoms with Gasteiger partial charge in [-0.3, -0.25) is 4.79 Å². The SMILES string of the molecule is COC(=O)C1=C(C(=O)OC)N(c2cc(N3CCCC3=O)ccc2Cl)C=CC=C1. The van der Waals surface area contributed by atoms with Gasteiger partial charge >= 0.3 is 11.9 Å². The average Bonchev–Trinajstić information content (AvgIpc) is 3.01. The number of methoxy groups -OCH3 is 2. The first-order valence-corrected chi connectivity index (χ1v) is 9.00. The first kappa shape index (κ1) is 19.7. The third-order valence-corrected chi connectivity index (χ3v) is 4.78. The van der Waals surface area contributed by atoms with Crippen molar-refractivity contribution in [2.45, 2.75) is 12.8 Å². The van der Waals surface area contributed by atoms with Crippen molar-refractivity contribution < 1.29 is 23.9 Å². The highest BCUT2D eigenvalue weighted by atomic mass is 35.5. The molecule has 1 fully saturated rings. The van der Waals surface area contributed by atoms with Gasteiger partial charge in [-0.1, -0.05) is 17.7 Å². The Morgan fingerprint density at radius 2 is 1.86 bits per heavy atom. The van der Waals surface area contributed by atoms with E-state index in [0.717, 1.165) is 6.42 Å². The lowest BCUT2D eigenvalue weighted by molar-refractivity contribution is -0.139. The quantitative estimate of drug-likeness (QED) is 0.721. The summed E-state index contributed by atoms with van der Waals surface area (Å²) in [4.78, 5) is 40.0. The lowest BCUT2D eigenvalue weighted by Crippen LogP contribution is -2.28. The molecule has 2 heterocycles. The fraction of sp³-hybridized carbons (Fsp3) is 0.250. The molecule has 0 spiro atoms. The zero-order valence-corrected chi connectivity index (χ0v) is 16.2. The number of anilines is 2. The standard InChI is InChI=1S/C20H19ClN2O5/c1-27-19(25)14-6-3-4-10-23(18(14)20(26)28-2)16-12-13(8-9-15(16)21)22-11-5-7-17(22)24/h3-4,6,8-10,12H,5,7,11H2,1-2H3. The fourth-order valence-corrected chi connectivity index (χ4v) is 3.33. The van der Waals surface area contributed by atoms with Crippen molar-refractivity contribution in [3.63, 3.8) is 0 Å². The molecule has 3 rings (SSSR count). The van der Waals surface area contributed by atoms with Crippen molar-refractivity contribution in [1.29, 1.82) is 0 Å². The van der Waals surface area contributed by atoms with Gasteiger partial charge in [0.2, 0.25) is 5.91 Å². The number of ether oxygens (including phenoxy) is 2. The van der Waals surface area contributed by atoms with Crippen molar-refractivity contribution in [2.75, 3.05) is 30.6 Å². The van der Waals surface area contributed by atoms with Crippen LogP contribution in [-0.2, 0) is 23.9 Å². The Bertz CT molecular complexity index is 919. The molecule has 0 atom stereocenters. The summed E-state index contributed by atoms with van der Waals surface area (Å²) in [5.74, 6) is -1.39. The van der Waals surface area contributed by atoms with E-state index < -0.39 is 11.9 Å². The third-order valence-electron chi connectivity index (χ3n) is 4.46. The summed E-state index contributed by atoms with van der Waals surface area (Å²) in [6.07, 6.45) is 7.60. The number of benzene rings is 1. The maximum atomic E-state index is 12.5. The number of allylic oxidation sites excluding steroid dienone is 2. The van der Waals surface area contributed by atoms with E-state index in [2.05, 4.69) is 0 Å². The van der Waals surface area contributed by atoms with E-state index >= 15 is 0 Å². The van der Waals surface area contributed by atoms with Crippen molar-refractivity contribution in [3.05, 3.63) is 58.9 Å². The van der Waals surface area contributed by atoms with Gasteiger partial charge in [-0.2, -0.15) is 0 Å². The van der Waals surface area contributed by atoms with Gasteiger partial charge in [-0.15, -0.1) is 0 Å². The van der Waals surface area contributed by atoms with Crippen molar-refractivity contribution in [1.82, 2.24) is 0 Å². The minimum atomic E-state index is -0.727. The van der Waals surface area contributed by atoms with Gasteiger partial charge in [0.25, 0.3) is 0 Å². The summed E-state index contributed by atoms with van der Waals surface area (Å²) in [5, 5.41) is 0.340. The first-order valence-electron chi connectivity index (χ1n) is 8.63. The number of carbonyl (C=O) groups is 3. The molecule has 1 aromatic rings. The summed E-state index contributed by atoms with van der Waals surface area (Å²) >= 11 is 6.41. The number of carbonyl (C=O) groups excluding carboxylic acids is 3. The lowest BCUT2D eigenvalue weighted by atomic mass is 10.1. The highest BCUT2D eigenvalue weighted by Crippen LogP contribution is 2.36. The molecule has 2 aliphatic rings. The second kappa shape index (κ2) is 8.31. The zero-order chi connectivity index (χ0) is 20.3. The number of nitrogens with zero attached hydrogens (tertiary/aromatic N) is 2. The molecule has 0 aliphatic carbocycles. The normalized spacial score (nSPS) is 16.5. The predicted molar refractivity (Wildman–Crippen MR) is 105 cm³/mol. The molecule has 28 heavy (non-hydrogen) atoms. The van der Waals surface area contributed by atoms with E-state index in [1.807, 2.05) is 0 Å². The minimum absolute atomic E-state index is 0.0260. The minimum Gasteiger partial charge on any atom is -0.465 e. The molecule has 2 aliphatic heterocycles. The Morgan fingerprint density at radius 1 is 1.11 bits per heavy atom. The number of amides is 1. The van der Waals surface area contributed by atoms with E-state index in [1.165, 1.54) is 25.2 Å². The van der Waals surface area contributed by atoms with Crippen LogP contribution in [0.3, 0.4) is 0 Å². The van der Waals surface area contributed by atoms with E-state index in [-0.39, 0.29) is 17.2 Å². The van der Waals surface area contributed by atoms with Crippen LogP contribution in [-0.4, -0.2) is 38.6 Å². The van der Waals surface area contributed by atoms with E-state index in [9.17, 15) is 14.4 Å². The molecule has 0 N–H and O–H groups in total. The van der Waals surface area contributed by atoms with Gasteiger partial charge in [-0.25, -0.2) is 9.59 Å². The van der Waals surface area contributed by atoms with Crippen LogP contribution < -0.4 is 9.80 Å². The van der Waals surface area contributed by atoms with Crippen LogP contribution in [0, 0.1) is 0 Å². The molecule has 1 aromatic carbocycles. The zero-order valence-electron chi connectivity index (χ0n) is 15.5. The molecule has 1 amide bonds. The lowest BCUT2D eigenvalue weighted by Gasteiger charge is -2.26. The van der Waals surface area contributed by atoms with Gasteiger partial charge in [0.15, 0.2) is 0 Å². The fourth-order valence-electron chi connectivity index (χ4n) is 3.13. The molecular weight excluding hydrogens is 384 g/mol. The van der Waals surface area contributed by atoms with Crippen molar-refractivity contribution in [2.24, 2.45) is 0 Å². The highest BCUT2D eigenvalue weighted by molar-refractivity contribution is 6.33. The Hall–Kier alpha value is -3.06. The molecule has 7 nitrogen and oxygen atoms in total. The number of esters is 2. The summed E-state index contributed by atoms with van der Waals surface area (Å²) in [5.41, 5.74) is 1.08. The highest BCUT2D eigenvalue weighted by Gasteiger charge is 2.29. The molecule has 0 unspecified atom stereocenters. The maximum absolute atomic E-state index is 12.5. The van der Waals surface area contributed by atoms with Crippen molar-refractivity contribution >= 4 is 40.8 Å². The van der Waals surface area contributed by atoms with Gasteiger partial charge in [0.05, 0.1) is 30.5 Å². The van der Waals surface area contributed by atoms with Crippen LogP contribution in [0.25, 0.3) is 0 Å². The van der Waals surface area contributed by atoms with Crippen LogP contribution in [0.4, 0.5) is 11.4 Å².